The van der Waals surface area contributed by atoms with Crippen LogP contribution in [0.1, 0.15) is 55.3 Å². The lowest BCUT2D eigenvalue weighted by Crippen LogP contribution is -2.37. The lowest BCUT2D eigenvalue weighted by molar-refractivity contribution is -0.141. The second-order valence-electron chi connectivity index (χ2n) is 8.31. The summed E-state index contributed by atoms with van der Waals surface area (Å²) in [5.74, 6) is -0.276. The van der Waals surface area contributed by atoms with Crippen molar-refractivity contribution in [1.82, 2.24) is 4.90 Å². The van der Waals surface area contributed by atoms with Crippen LogP contribution >= 0.6 is 0 Å². The van der Waals surface area contributed by atoms with Crippen LogP contribution in [0.25, 0.3) is 5.76 Å². The van der Waals surface area contributed by atoms with E-state index in [9.17, 15) is 14.7 Å². The number of ketones is 1. The number of aliphatic hydroxyl groups excluding tert-OH is 1. The molecule has 2 fully saturated rings. The van der Waals surface area contributed by atoms with E-state index in [4.69, 9.17) is 9.47 Å². The van der Waals surface area contributed by atoms with Crippen LogP contribution in [0.3, 0.4) is 0 Å². The molecule has 1 aliphatic carbocycles. The minimum absolute atomic E-state index is 0.0303. The Bertz CT molecular complexity index is 1050. The van der Waals surface area contributed by atoms with Crippen molar-refractivity contribution in [2.45, 2.75) is 51.1 Å². The second-order valence-corrected chi connectivity index (χ2v) is 8.31. The fourth-order valence-electron chi connectivity index (χ4n) is 4.81. The number of methoxy groups -OCH3 is 2. The monoisotopic (exact) mass is 435 g/mol. The molecule has 32 heavy (non-hydrogen) atoms. The van der Waals surface area contributed by atoms with Crippen LogP contribution in [0.2, 0.25) is 0 Å². The van der Waals surface area contributed by atoms with Gasteiger partial charge in [0, 0.05) is 11.6 Å². The number of Topliss-reactive ketones (excluding diaryl/α,β-unsaturated/α-hetero) is 1. The molecular weight excluding hydrogens is 406 g/mol. The Labute approximate surface area is 188 Å². The van der Waals surface area contributed by atoms with Gasteiger partial charge >= 0.3 is 0 Å². The van der Waals surface area contributed by atoms with Gasteiger partial charge in [0.25, 0.3) is 11.7 Å². The van der Waals surface area contributed by atoms with Gasteiger partial charge in [0.05, 0.1) is 25.8 Å². The normalized spacial score (nSPS) is 20.7. The number of aryl methyl sites for hydroxylation is 1. The molecular formula is C26H29NO5. The Morgan fingerprint density at radius 2 is 1.66 bits per heavy atom. The molecule has 1 atom stereocenters. The largest absolute Gasteiger partial charge is 0.507 e. The molecule has 0 radical (unpaired) electrons. The van der Waals surface area contributed by atoms with Crippen LogP contribution in [0, 0.1) is 0 Å². The molecule has 1 aliphatic heterocycles. The summed E-state index contributed by atoms with van der Waals surface area (Å²) in [4.78, 5) is 28.1. The molecule has 1 N–H and O–H groups in total. The van der Waals surface area contributed by atoms with Crippen molar-refractivity contribution in [3.05, 3.63) is 64.7 Å². The predicted molar refractivity (Wildman–Crippen MR) is 122 cm³/mol. The Morgan fingerprint density at radius 3 is 2.25 bits per heavy atom. The molecule has 2 aromatic carbocycles. The fraction of sp³-hybridized carbons (Fsp3) is 0.385. The molecule has 0 aromatic heterocycles. The number of likely N-dealkylation sites (tertiary alicyclic amines) is 1. The summed E-state index contributed by atoms with van der Waals surface area (Å²) in [6, 6.07) is 12.1. The zero-order valence-electron chi connectivity index (χ0n) is 18.8. The molecule has 1 saturated heterocycles. The number of nitrogens with zero attached hydrogens (tertiary/aromatic N) is 1. The van der Waals surface area contributed by atoms with Crippen LogP contribution < -0.4 is 9.47 Å². The van der Waals surface area contributed by atoms with Crippen LogP contribution in [0.4, 0.5) is 0 Å². The van der Waals surface area contributed by atoms with E-state index in [0.717, 1.165) is 37.7 Å². The van der Waals surface area contributed by atoms with Gasteiger partial charge < -0.3 is 19.5 Å². The zero-order chi connectivity index (χ0) is 22.8. The third-order valence-electron chi connectivity index (χ3n) is 6.56. The highest BCUT2D eigenvalue weighted by Crippen LogP contribution is 2.45. The van der Waals surface area contributed by atoms with E-state index >= 15 is 0 Å². The van der Waals surface area contributed by atoms with Gasteiger partial charge in [0.2, 0.25) is 0 Å². The highest BCUT2D eigenvalue weighted by molar-refractivity contribution is 6.46. The fourth-order valence-corrected chi connectivity index (χ4v) is 4.81. The zero-order valence-corrected chi connectivity index (χ0v) is 18.8. The summed E-state index contributed by atoms with van der Waals surface area (Å²) in [5, 5.41) is 11.2. The second kappa shape index (κ2) is 9.07. The first-order valence-corrected chi connectivity index (χ1v) is 11.1. The van der Waals surface area contributed by atoms with E-state index in [2.05, 4.69) is 6.92 Å². The number of hydrogen-bond acceptors (Lipinski definition) is 5. The standard InChI is InChI=1S/C26H29NO5/c1-4-16-9-11-17(12-10-16)24(28)22-23(18-13-14-20(31-2)21(15-18)32-3)27(26(30)25(22)29)19-7-5-6-8-19/h9-15,19,23,28H,4-8H2,1-3H3/b24-22-. The van der Waals surface area contributed by atoms with Gasteiger partial charge in [-0.15, -0.1) is 0 Å². The van der Waals surface area contributed by atoms with Gasteiger partial charge in [-0.1, -0.05) is 50.1 Å². The summed E-state index contributed by atoms with van der Waals surface area (Å²) in [7, 11) is 3.10. The number of hydrogen-bond donors (Lipinski definition) is 1. The maximum Gasteiger partial charge on any atom is 0.295 e. The minimum Gasteiger partial charge on any atom is -0.507 e. The van der Waals surface area contributed by atoms with E-state index in [1.165, 1.54) is 0 Å². The molecule has 0 bridgehead atoms. The van der Waals surface area contributed by atoms with E-state index in [-0.39, 0.29) is 17.4 Å². The van der Waals surface area contributed by atoms with Gasteiger partial charge in [0.15, 0.2) is 11.5 Å². The van der Waals surface area contributed by atoms with Crippen molar-refractivity contribution in [3.8, 4) is 11.5 Å². The maximum absolute atomic E-state index is 13.2. The van der Waals surface area contributed by atoms with Gasteiger partial charge in [0.1, 0.15) is 5.76 Å². The van der Waals surface area contributed by atoms with Crippen molar-refractivity contribution in [1.29, 1.82) is 0 Å². The van der Waals surface area contributed by atoms with Crippen molar-refractivity contribution in [2.24, 2.45) is 0 Å². The number of carbonyl (C=O) groups is 2. The van der Waals surface area contributed by atoms with Gasteiger partial charge in [-0.3, -0.25) is 9.59 Å². The smallest absolute Gasteiger partial charge is 0.295 e. The van der Waals surface area contributed by atoms with Crippen LogP contribution in [-0.4, -0.2) is 42.0 Å². The van der Waals surface area contributed by atoms with Crippen molar-refractivity contribution in [3.63, 3.8) is 0 Å². The molecule has 2 aromatic rings. The maximum atomic E-state index is 13.2. The van der Waals surface area contributed by atoms with E-state index in [1.54, 1.807) is 43.4 Å². The molecule has 168 valence electrons. The SMILES string of the molecule is CCc1ccc(/C(O)=C2/C(=O)C(=O)N(C3CCCC3)C2c2ccc(OC)c(OC)c2)cc1. The molecule has 1 unspecified atom stereocenters. The van der Waals surface area contributed by atoms with Gasteiger partial charge in [-0.25, -0.2) is 0 Å². The van der Waals surface area contributed by atoms with Crippen LogP contribution in [0.5, 0.6) is 11.5 Å². The number of ether oxygens (including phenoxy) is 2. The predicted octanol–water partition coefficient (Wildman–Crippen LogP) is 4.63. The highest BCUT2D eigenvalue weighted by Gasteiger charge is 2.49. The summed E-state index contributed by atoms with van der Waals surface area (Å²) in [5.41, 5.74) is 2.49. The molecule has 6 heteroatoms. The van der Waals surface area contributed by atoms with E-state index < -0.39 is 17.7 Å². The van der Waals surface area contributed by atoms with Crippen molar-refractivity contribution >= 4 is 17.4 Å². The van der Waals surface area contributed by atoms with E-state index in [1.807, 2.05) is 18.2 Å². The summed E-state index contributed by atoms with van der Waals surface area (Å²) < 4.78 is 10.8. The van der Waals surface area contributed by atoms with Crippen molar-refractivity contribution in [2.75, 3.05) is 14.2 Å². The molecule has 2 aliphatic rings. The third-order valence-corrected chi connectivity index (χ3v) is 6.56. The Morgan fingerprint density at radius 1 is 1.00 bits per heavy atom. The van der Waals surface area contributed by atoms with Gasteiger partial charge in [-0.05, 0) is 42.5 Å². The number of aliphatic hydroxyl groups is 1. The average Bonchev–Trinajstić information content (AvgIpc) is 3.45. The quantitative estimate of drug-likeness (QED) is 0.407. The summed E-state index contributed by atoms with van der Waals surface area (Å²) in [6.45, 7) is 2.05. The summed E-state index contributed by atoms with van der Waals surface area (Å²) in [6.07, 6.45) is 4.61. The first-order valence-electron chi connectivity index (χ1n) is 11.1. The van der Waals surface area contributed by atoms with Crippen molar-refractivity contribution < 1.29 is 24.2 Å². The molecule has 0 spiro atoms. The Kier molecular flexibility index (Phi) is 6.21. The lowest BCUT2D eigenvalue weighted by atomic mass is 9.94. The first kappa shape index (κ1) is 21.9. The first-order chi connectivity index (χ1) is 15.5. The number of amides is 1. The molecule has 6 nitrogen and oxygen atoms in total. The average molecular weight is 436 g/mol. The molecule has 1 heterocycles. The minimum atomic E-state index is -0.677. The molecule has 1 saturated carbocycles. The van der Waals surface area contributed by atoms with Gasteiger partial charge in [-0.2, -0.15) is 0 Å². The highest BCUT2D eigenvalue weighted by atomic mass is 16.5. The number of benzene rings is 2. The summed E-state index contributed by atoms with van der Waals surface area (Å²) >= 11 is 0. The van der Waals surface area contributed by atoms with E-state index in [0.29, 0.717) is 22.6 Å². The number of carbonyl (C=O) groups excluding carboxylic acids is 2. The molecule has 4 rings (SSSR count). The molecule has 1 amide bonds. The Hall–Kier alpha value is -3.28. The van der Waals surface area contributed by atoms with Crippen LogP contribution in [-0.2, 0) is 16.0 Å². The number of rotatable bonds is 6. The van der Waals surface area contributed by atoms with Crippen LogP contribution in [0.15, 0.2) is 48.0 Å². The Balaban J connectivity index is 1.88. The topological polar surface area (TPSA) is 76.1 Å². The lowest BCUT2D eigenvalue weighted by Gasteiger charge is -2.31. The third kappa shape index (κ3) is 3.74.